The first kappa shape index (κ1) is 14.3. The van der Waals surface area contributed by atoms with Gasteiger partial charge in [0.05, 0.1) is 19.3 Å². The van der Waals surface area contributed by atoms with Crippen LogP contribution in [0.15, 0.2) is 18.2 Å². The summed E-state index contributed by atoms with van der Waals surface area (Å²) in [6, 6.07) is 5.33. The fourth-order valence-electron chi connectivity index (χ4n) is 1.74. The maximum absolute atomic E-state index is 11.4. The van der Waals surface area contributed by atoms with Crippen molar-refractivity contribution < 1.29 is 9.53 Å². The molecule has 0 aromatic carbocycles. The average molecular weight is 291 g/mol. The van der Waals surface area contributed by atoms with Crippen molar-refractivity contribution in [2.75, 3.05) is 18.2 Å². The molecular formula is C14H17N3O2S. The van der Waals surface area contributed by atoms with Crippen molar-refractivity contribution in [2.24, 2.45) is 0 Å². The summed E-state index contributed by atoms with van der Waals surface area (Å²) in [7, 11) is 1.32. The van der Waals surface area contributed by atoms with Gasteiger partial charge in [-0.15, -0.1) is 11.3 Å². The fourth-order valence-corrected chi connectivity index (χ4v) is 2.73. The first-order valence-corrected chi connectivity index (χ1v) is 6.97. The highest BCUT2D eigenvalue weighted by molar-refractivity contribution is 7.12. The van der Waals surface area contributed by atoms with Gasteiger partial charge in [-0.1, -0.05) is 0 Å². The van der Waals surface area contributed by atoms with Crippen LogP contribution in [-0.4, -0.2) is 18.1 Å². The van der Waals surface area contributed by atoms with E-state index in [1.54, 1.807) is 23.5 Å². The SMILES string of the molecule is COC(=O)c1ccc(N)c(NCc2cc(C)c(C)s2)n1. The molecule has 2 aromatic rings. The molecule has 0 fully saturated rings. The second-order valence-electron chi connectivity index (χ2n) is 4.43. The van der Waals surface area contributed by atoms with E-state index in [1.807, 2.05) is 0 Å². The van der Waals surface area contributed by atoms with Gasteiger partial charge in [0.1, 0.15) is 0 Å². The number of nitrogens with zero attached hydrogens (tertiary/aromatic N) is 1. The Hall–Kier alpha value is -2.08. The average Bonchev–Trinajstić information content (AvgIpc) is 2.76. The zero-order valence-electron chi connectivity index (χ0n) is 11.7. The van der Waals surface area contributed by atoms with E-state index in [0.717, 1.165) is 0 Å². The maximum Gasteiger partial charge on any atom is 0.356 e. The molecule has 20 heavy (non-hydrogen) atoms. The minimum absolute atomic E-state index is 0.239. The van der Waals surface area contributed by atoms with Gasteiger partial charge in [0, 0.05) is 9.75 Å². The Morgan fingerprint density at radius 3 is 2.80 bits per heavy atom. The summed E-state index contributed by atoms with van der Waals surface area (Å²) in [6.45, 7) is 4.80. The number of nitrogen functional groups attached to an aromatic ring is 1. The number of anilines is 2. The zero-order valence-corrected chi connectivity index (χ0v) is 12.5. The molecule has 0 aliphatic rings. The second-order valence-corrected chi connectivity index (χ2v) is 5.77. The fraction of sp³-hybridized carbons (Fsp3) is 0.286. The number of hydrogen-bond acceptors (Lipinski definition) is 6. The number of aromatic nitrogens is 1. The maximum atomic E-state index is 11.4. The van der Waals surface area contributed by atoms with Gasteiger partial charge in [0.15, 0.2) is 11.5 Å². The van der Waals surface area contributed by atoms with Crippen LogP contribution in [0.5, 0.6) is 0 Å². The van der Waals surface area contributed by atoms with Gasteiger partial charge in [0.25, 0.3) is 0 Å². The van der Waals surface area contributed by atoms with Crippen molar-refractivity contribution in [3.63, 3.8) is 0 Å². The Morgan fingerprint density at radius 2 is 2.20 bits per heavy atom. The number of thiophene rings is 1. The van der Waals surface area contributed by atoms with Gasteiger partial charge < -0.3 is 15.8 Å². The lowest BCUT2D eigenvalue weighted by molar-refractivity contribution is 0.0594. The first-order chi connectivity index (χ1) is 9.51. The Morgan fingerprint density at radius 1 is 1.45 bits per heavy atom. The van der Waals surface area contributed by atoms with Gasteiger partial charge in [-0.3, -0.25) is 0 Å². The molecular weight excluding hydrogens is 274 g/mol. The quantitative estimate of drug-likeness (QED) is 0.847. The number of nitrogens with two attached hydrogens (primary N) is 1. The molecule has 2 rings (SSSR count). The van der Waals surface area contributed by atoms with Crippen LogP contribution in [0.1, 0.15) is 25.8 Å². The number of hydrogen-bond donors (Lipinski definition) is 2. The van der Waals surface area contributed by atoms with E-state index in [2.05, 4.69) is 35.0 Å². The van der Waals surface area contributed by atoms with Crippen molar-refractivity contribution in [1.82, 2.24) is 4.98 Å². The number of nitrogens with one attached hydrogen (secondary N) is 1. The lowest BCUT2D eigenvalue weighted by atomic mass is 10.3. The highest BCUT2D eigenvalue weighted by Gasteiger charge is 2.10. The van der Waals surface area contributed by atoms with Crippen LogP contribution in [0.4, 0.5) is 11.5 Å². The normalized spacial score (nSPS) is 10.3. The van der Waals surface area contributed by atoms with E-state index in [4.69, 9.17) is 5.73 Å². The molecule has 0 saturated carbocycles. The first-order valence-electron chi connectivity index (χ1n) is 6.16. The number of carbonyl (C=O) groups is 1. The van der Waals surface area contributed by atoms with E-state index in [1.165, 1.54) is 22.4 Å². The number of aryl methyl sites for hydroxylation is 2. The van der Waals surface area contributed by atoms with E-state index in [9.17, 15) is 4.79 Å². The standard InChI is InChI=1S/C14H17N3O2S/c1-8-6-10(20-9(8)2)7-16-13-11(15)4-5-12(17-13)14(18)19-3/h4-6H,7,15H2,1-3H3,(H,16,17). The summed E-state index contributed by atoms with van der Waals surface area (Å²) in [4.78, 5) is 18.1. The molecule has 2 aromatic heterocycles. The molecule has 0 radical (unpaired) electrons. The van der Waals surface area contributed by atoms with Crippen LogP contribution in [0, 0.1) is 13.8 Å². The Bertz CT molecular complexity index is 618. The molecule has 5 nitrogen and oxygen atoms in total. The van der Waals surface area contributed by atoms with Crippen molar-refractivity contribution in [2.45, 2.75) is 20.4 Å². The third-order valence-corrected chi connectivity index (χ3v) is 4.12. The monoisotopic (exact) mass is 291 g/mol. The highest BCUT2D eigenvalue weighted by atomic mass is 32.1. The number of carbonyl (C=O) groups excluding carboxylic acids is 1. The predicted molar refractivity (Wildman–Crippen MR) is 81.1 cm³/mol. The van der Waals surface area contributed by atoms with E-state index < -0.39 is 5.97 Å². The van der Waals surface area contributed by atoms with Gasteiger partial charge in [-0.05, 0) is 37.6 Å². The van der Waals surface area contributed by atoms with Crippen molar-refractivity contribution in [1.29, 1.82) is 0 Å². The topological polar surface area (TPSA) is 77.2 Å². The minimum atomic E-state index is -0.476. The Kier molecular flexibility index (Phi) is 4.24. The second kappa shape index (κ2) is 5.92. The number of rotatable bonds is 4. The van der Waals surface area contributed by atoms with Gasteiger partial charge in [0.2, 0.25) is 0 Å². The molecule has 106 valence electrons. The Balaban J connectivity index is 2.14. The molecule has 2 heterocycles. The van der Waals surface area contributed by atoms with E-state index in [-0.39, 0.29) is 5.69 Å². The molecule has 0 unspecified atom stereocenters. The summed E-state index contributed by atoms with van der Waals surface area (Å²) >= 11 is 1.73. The van der Waals surface area contributed by atoms with Crippen LogP contribution in [0.3, 0.4) is 0 Å². The van der Waals surface area contributed by atoms with Crippen LogP contribution in [0.2, 0.25) is 0 Å². The van der Waals surface area contributed by atoms with Crippen LogP contribution in [-0.2, 0) is 11.3 Å². The molecule has 0 atom stereocenters. The molecule has 6 heteroatoms. The summed E-state index contributed by atoms with van der Waals surface area (Å²) in [5.41, 5.74) is 7.87. The molecule has 0 aliphatic heterocycles. The number of esters is 1. The molecule has 0 aliphatic carbocycles. The molecule has 0 bridgehead atoms. The summed E-state index contributed by atoms with van der Waals surface area (Å²) in [5, 5.41) is 3.16. The molecule has 0 saturated heterocycles. The van der Waals surface area contributed by atoms with Gasteiger partial charge >= 0.3 is 5.97 Å². The number of ether oxygens (including phenoxy) is 1. The van der Waals surface area contributed by atoms with Crippen LogP contribution < -0.4 is 11.1 Å². The summed E-state index contributed by atoms with van der Waals surface area (Å²) in [5.74, 6) is 0.0208. The molecule has 0 spiro atoms. The van der Waals surface area contributed by atoms with E-state index >= 15 is 0 Å². The minimum Gasteiger partial charge on any atom is -0.464 e. The lowest BCUT2D eigenvalue weighted by Gasteiger charge is -2.08. The number of pyridine rings is 1. The van der Waals surface area contributed by atoms with Crippen molar-refractivity contribution >= 4 is 28.8 Å². The highest BCUT2D eigenvalue weighted by Crippen LogP contribution is 2.23. The zero-order chi connectivity index (χ0) is 14.7. The summed E-state index contributed by atoms with van der Waals surface area (Å²) in [6.07, 6.45) is 0. The third kappa shape index (κ3) is 3.08. The number of methoxy groups -OCH3 is 1. The van der Waals surface area contributed by atoms with Crippen LogP contribution >= 0.6 is 11.3 Å². The predicted octanol–water partition coefficient (Wildman–Crippen LogP) is 2.74. The molecule has 3 N–H and O–H groups in total. The largest absolute Gasteiger partial charge is 0.464 e. The van der Waals surface area contributed by atoms with Crippen LogP contribution in [0.25, 0.3) is 0 Å². The summed E-state index contributed by atoms with van der Waals surface area (Å²) < 4.78 is 4.64. The third-order valence-electron chi connectivity index (χ3n) is 2.97. The smallest absolute Gasteiger partial charge is 0.356 e. The van der Waals surface area contributed by atoms with Crippen molar-refractivity contribution in [3.05, 3.63) is 39.2 Å². The van der Waals surface area contributed by atoms with Gasteiger partial charge in [-0.2, -0.15) is 0 Å². The van der Waals surface area contributed by atoms with E-state index in [0.29, 0.717) is 18.1 Å². The van der Waals surface area contributed by atoms with Gasteiger partial charge in [-0.25, -0.2) is 9.78 Å². The molecule has 0 amide bonds. The Labute approximate surface area is 121 Å². The lowest BCUT2D eigenvalue weighted by Crippen LogP contribution is -2.09. The van der Waals surface area contributed by atoms with Crippen molar-refractivity contribution in [3.8, 4) is 0 Å².